The van der Waals surface area contributed by atoms with E-state index in [1.54, 1.807) is 6.07 Å². The highest BCUT2D eigenvalue weighted by Gasteiger charge is 2.21. The molecule has 1 aliphatic rings. The first-order valence-corrected chi connectivity index (χ1v) is 4.87. The second kappa shape index (κ2) is 3.86. The normalized spacial score (nSPS) is 17.5. The van der Waals surface area contributed by atoms with Gasteiger partial charge in [0.1, 0.15) is 10.7 Å². The highest BCUT2D eigenvalue weighted by molar-refractivity contribution is 5.27. The Bertz CT molecular complexity index is 409. The first-order valence-electron chi connectivity index (χ1n) is 4.87. The van der Waals surface area contributed by atoms with Gasteiger partial charge in [0.05, 0.1) is 12.1 Å². The summed E-state index contributed by atoms with van der Waals surface area (Å²) in [6.07, 6.45) is 5.17. The predicted molar refractivity (Wildman–Crippen MR) is 54.2 cm³/mol. The Hall–Kier alpha value is -1.62. The standard InChI is InChI=1S/C10H12N2O3/c11-10(7-3-1-2-4-7)8-5-6-9(15-8)12(13)14/h3,5-6,10H,1-2,4,11H2. The van der Waals surface area contributed by atoms with Crippen molar-refractivity contribution < 1.29 is 9.34 Å². The van der Waals surface area contributed by atoms with Crippen LogP contribution >= 0.6 is 0 Å². The van der Waals surface area contributed by atoms with Crippen molar-refractivity contribution in [3.05, 3.63) is 39.7 Å². The van der Waals surface area contributed by atoms with Gasteiger partial charge in [-0.05, 0) is 30.9 Å². The quantitative estimate of drug-likeness (QED) is 0.469. The summed E-state index contributed by atoms with van der Waals surface area (Å²) in [7, 11) is 0. The van der Waals surface area contributed by atoms with Gasteiger partial charge in [0.2, 0.25) is 0 Å². The van der Waals surface area contributed by atoms with Crippen LogP contribution in [0, 0.1) is 10.1 Å². The highest BCUT2D eigenvalue weighted by Crippen LogP contribution is 2.30. The number of rotatable bonds is 3. The number of nitrogens with zero attached hydrogens (tertiary/aromatic N) is 1. The molecule has 1 atom stereocenters. The zero-order valence-corrected chi connectivity index (χ0v) is 8.18. The lowest BCUT2D eigenvalue weighted by molar-refractivity contribution is -0.402. The summed E-state index contributed by atoms with van der Waals surface area (Å²) in [5.41, 5.74) is 7.04. The molecule has 0 amide bonds. The molecule has 0 radical (unpaired) electrons. The van der Waals surface area contributed by atoms with Crippen LogP contribution < -0.4 is 5.73 Å². The van der Waals surface area contributed by atoms with E-state index < -0.39 is 4.92 Å². The van der Waals surface area contributed by atoms with Gasteiger partial charge in [-0.2, -0.15) is 0 Å². The maximum absolute atomic E-state index is 10.4. The smallest absolute Gasteiger partial charge is 0.404 e. The maximum atomic E-state index is 10.4. The summed E-state index contributed by atoms with van der Waals surface area (Å²) >= 11 is 0. The monoisotopic (exact) mass is 208 g/mol. The SMILES string of the molecule is NC(C1=CCCC1)c1ccc([N+](=O)[O-])o1. The van der Waals surface area contributed by atoms with E-state index in [9.17, 15) is 10.1 Å². The van der Waals surface area contributed by atoms with E-state index >= 15 is 0 Å². The van der Waals surface area contributed by atoms with Crippen molar-refractivity contribution in [3.8, 4) is 0 Å². The number of furan rings is 1. The second-order valence-electron chi connectivity index (χ2n) is 3.58. The molecule has 0 aliphatic heterocycles. The zero-order valence-electron chi connectivity index (χ0n) is 8.18. The van der Waals surface area contributed by atoms with E-state index in [0.717, 1.165) is 24.8 Å². The molecule has 0 spiro atoms. The van der Waals surface area contributed by atoms with Crippen LogP contribution in [0.3, 0.4) is 0 Å². The lowest BCUT2D eigenvalue weighted by atomic mass is 10.1. The van der Waals surface area contributed by atoms with Crippen LogP contribution in [0.15, 0.2) is 28.2 Å². The molecule has 80 valence electrons. The van der Waals surface area contributed by atoms with Gasteiger partial charge < -0.3 is 10.2 Å². The Balaban J connectivity index is 2.18. The molecule has 0 bridgehead atoms. The Labute approximate surface area is 86.7 Å². The first-order chi connectivity index (χ1) is 7.18. The van der Waals surface area contributed by atoms with Crippen molar-refractivity contribution in [2.45, 2.75) is 25.3 Å². The number of hydrogen-bond donors (Lipinski definition) is 1. The summed E-state index contributed by atoms with van der Waals surface area (Å²) < 4.78 is 5.05. The van der Waals surface area contributed by atoms with E-state index in [-0.39, 0.29) is 11.9 Å². The lowest BCUT2D eigenvalue weighted by Crippen LogP contribution is -2.11. The summed E-state index contributed by atoms with van der Waals surface area (Å²) in [5.74, 6) is 0.217. The molecule has 5 heteroatoms. The summed E-state index contributed by atoms with van der Waals surface area (Å²) in [6.45, 7) is 0. The summed E-state index contributed by atoms with van der Waals surface area (Å²) in [4.78, 5) is 9.86. The largest absolute Gasteiger partial charge is 0.433 e. The van der Waals surface area contributed by atoms with Crippen LogP contribution in [0.5, 0.6) is 0 Å². The molecule has 1 aliphatic carbocycles. The van der Waals surface area contributed by atoms with Crippen molar-refractivity contribution in [1.82, 2.24) is 0 Å². The molecule has 0 saturated carbocycles. The fourth-order valence-corrected chi connectivity index (χ4v) is 1.77. The zero-order chi connectivity index (χ0) is 10.8. The van der Waals surface area contributed by atoms with E-state index in [1.807, 2.05) is 0 Å². The predicted octanol–water partition coefficient (Wildman–Crippen LogP) is 2.30. The molecule has 1 aromatic heterocycles. The Kier molecular flexibility index (Phi) is 2.55. The number of allylic oxidation sites excluding steroid dienone is 1. The van der Waals surface area contributed by atoms with Crippen LogP contribution in [0.25, 0.3) is 0 Å². The first kappa shape index (κ1) is 9.92. The minimum absolute atomic E-state index is 0.251. The average molecular weight is 208 g/mol. The number of nitro groups is 1. The molecule has 2 N–H and O–H groups in total. The molecule has 5 nitrogen and oxygen atoms in total. The molecule has 2 rings (SSSR count). The van der Waals surface area contributed by atoms with Crippen molar-refractivity contribution in [3.63, 3.8) is 0 Å². The average Bonchev–Trinajstić information content (AvgIpc) is 2.88. The van der Waals surface area contributed by atoms with Crippen molar-refractivity contribution in [1.29, 1.82) is 0 Å². The third-order valence-electron chi connectivity index (χ3n) is 2.57. The molecule has 1 aromatic rings. The Morgan fingerprint density at radius 2 is 2.33 bits per heavy atom. The van der Waals surface area contributed by atoms with Crippen LogP contribution in [0.2, 0.25) is 0 Å². The molecular weight excluding hydrogens is 196 g/mol. The molecule has 1 unspecified atom stereocenters. The fraction of sp³-hybridized carbons (Fsp3) is 0.400. The van der Waals surface area contributed by atoms with Crippen LogP contribution in [-0.4, -0.2) is 4.92 Å². The summed E-state index contributed by atoms with van der Waals surface area (Å²) in [5, 5.41) is 10.4. The second-order valence-corrected chi connectivity index (χ2v) is 3.58. The van der Waals surface area contributed by atoms with E-state index in [4.69, 9.17) is 10.2 Å². The van der Waals surface area contributed by atoms with Crippen LogP contribution in [0.4, 0.5) is 5.88 Å². The third kappa shape index (κ3) is 1.92. The van der Waals surface area contributed by atoms with Gasteiger partial charge in [-0.1, -0.05) is 6.08 Å². The molecule has 0 saturated heterocycles. The molecule has 15 heavy (non-hydrogen) atoms. The van der Waals surface area contributed by atoms with E-state index in [2.05, 4.69) is 6.08 Å². The number of hydrogen-bond acceptors (Lipinski definition) is 4. The van der Waals surface area contributed by atoms with Gasteiger partial charge in [-0.3, -0.25) is 10.1 Å². The minimum Gasteiger partial charge on any atom is -0.404 e. The Morgan fingerprint density at radius 3 is 2.87 bits per heavy atom. The van der Waals surface area contributed by atoms with E-state index in [1.165, 1.54) is 6.07 Å². The molecule has 0 fully saturated rings. The van der Waals surface area contributed by atoms with Gasteiger partial charge in [0.25, 0.3) is 0 Å². The summed E-state index contributed by atoms with van der Waals surface area (Å²) in [6, 6.07) is 2.58. The Morgan fingerprint density at radius 1 is 1.53 bits per heavy atom. The van der Waals surface area contributed by atoms with Crippen molar-refractivity contribution in [2.75, 3.05) is 0 Å². The topological polar surface area (TPSA) is 82.3 Å². The maximum Gasteiger partial charge on any atom is 0.433 e. The molecule has 1 heterocycles. The van der Waals surface area contributed by atoms with Crippen LogP contribution in [-0.2, 0) is 0 Å². The third-order valence-corrected chi connectivity index (χ3v) is 2.57. The van der Waals surface area contributed by atoms with Gasteiger partial charge in [0.15, 0.2) is 0 Å². The minimum atomic E-state index is -0.556. The van der Waals surface area contributed by atoms with Crippen molar-refractivity contribution >= 4 is 5.88 Å². The van der Waals surface area contributed by atoms with Crippen LogP contribution in [0.1, 0.15) is 31.1 Å². The van der Waals surface area contributed by atoms with Gasteiger partial charge >= 0.3 is 5.88 Å². The van der Waals surface area contributed by atoms with Gasteiger partial charge in [0, 0.05) is 0 Å². The fourth-order valence-electron chi connectivity index (χ4n) is 1.77. The van der Waals surface area contributed by atoms with Gasteiger partial charge in [-0.15, -0.1) is 0 Å². The lowest BCUT2D eigenvalue weighted by Gasteiger charge is -2.08. The molecular formula is C10H12N2O3. The van der Waals surface area contributed by atoms with Crippen molar-refractivity contribution in [2.24, 2.45) is 5.73 Å². The van der Waals surface area contributed by atoms with E-state index in [0.29, 0.717) is 5.76 Å². The molecule has 0 aromatic carbocycles. The van der Waals surface area contributed by atoms with Gasteiger partial charge in [-0.25, -0.2) is 0 Å². The number of nitrogens with two attached hydrogens (primary N) is 1. The highest BCUT2D eigenvalue weighted by atomic mass is 16.6.